The van der Waals surface area contributed by atoms with Crippen LogP contribution >= 0.6 is 0 Å². The fourth-order valence-electron chi connectivity index (χ4n) is 3.77. The van der Waals surface area contributed by atoms with Crippen LogP contribution in [0.1, 0.15) is 0 Å². The summed E-state index contributed by atoms with van der Waals surface area (Å²) in [6.07, 6.45) is 0. The highest BCUT2D eigenvalue weighted by Gasteiger charge is 2.28. The van der Waals surface area contributed by atoms with Gasteiger partial charge in [0.2, 0.25) is 0 Å². The molecule has 15 heteroatoms. The minimum Gasteiger partial charge on any atom is -0.481 e. The second-order valence-electron chi connectivity index (χ2n) is 6.92. The summed E-state index contributed by atoms with van der Waals surface area (Å²) in [4.78, 5) is 8.45. The molecule has 4 rings (SSSR count). The van der Waals surface area contributed by atoms with E-state index in [1.54, 1.807) is 0 Å². The van der Waals surface area contributed by atoms with E-state index in [4.69, 9.17) is 9.84 Å². The first-order valence-corrected chi connectivity index (χ1v) is 13.0. The van der Waals surface area contributed by atoms with Crippen LogP contribution in [0.2, 0.25) is 0 Å². The standard InChI is InChI=1S/C18H12O12S3/c19-16(20)7-30-12-5-13(31(21,22)23)9-3-4-11-15(33(27,28)29)6-14(32(24,25)26)10-2-1-8(12)17(9)18(10)11/h1-6H,7H2,(H,19,20)(H,21,22,23)(H,24,25,26)(H,27,28,29). The van der Waals surface area contributed by atoms with Crippen molar-refractivity contribution in [3.05, 3.63) is 36.4 Å². The molecule has 0 amide bonds. The molecule has 0 aliphatic carbocycles. The molecule has 0 aromatic heterocycles. The molecule has 0 fully saturated rings. The number of carbonyl (C=O) groups is 1. The molecule has 174 valence electrons. The maximum atomic E-state index is 12.0. The molecule has 0 heterocycles. The van der Waals surface area contributed by atoms with E-state index in [1.807, 2.05) is 0 Å². The van der Waals surface area contributed by atoms with Gasteiger partial charge in [-0.2, -0.15) is 25.3 Å². The van der Waals surface area contributed by atoms with Gasteiger partial charge in [-0.05, 0) is 12.1 Å². The number of aliphatic carboxylic acids is 1. The van der Waals surface area contributed by atoms with Crippen molar-refractivity contribution in [2.45, 2.75) is 14.7 Å². The van der Waals surface area contributed by atoms with Gasteiger partial charge in [-0.3, -0.25) is 13.7 Å². The fraction of sp³-hybridized carbons (Fsp3) is 0.0556. The Kier molecular flexibility index (Phi) is 5.04. The molecule has 0 spiro atoms. The molecule has 4 N–H and O–H groups in total. The monoisotopic (exact) mass is 516 g/mol. The van der Waals surface area contributed by atoms with Crippen molar-refractivity contribution in [3.8, 4) is 5.75 Å². The summed E-state index contributed by atoms with van der Waals surface area (Å²) in [6.45, 7) is -0.901. The van der Waals surface area contributed by atoms with Gasteiger partial charge in [0.15, 0.2) is 6.61 Å². The molecule has 0 saturated heterocycles. The SMILES string of the molecule is O=C(O)COc1cc(S(=O)(=O)O)c2ccc3c(S(=O)(=O)O)cc(S(=O)(=O)O)c4ccc1c2c43. The third-order valence-electron chi connectivity index (χ3n) is 4.93. The Bertz CT molecular complexity index is 1750. The lowest BCUT2D eigenvalue weighted by Crippen LogP contribution is -2.11. The third kappa shape index (κ3) is 3.84. The van der Waals surface area contributed by atoms with Gasteiger partial charge in [-0.1, -0.05) is 18.2 Å². The lowest BCUT2D eigenvalue weighted by Gasteiger charge is -2.18. The van der Waals surface area contributed by atoms with E-state index in [0.29, 0.717) is 6.07 Å². The van der Waals surface area contributed by atoms with Gasteiger partial charge in [-0.25, -0.2) is 4.79 Å². The molecule has 0 aliphatic heterocycles. The summed E-state index contributed by atoms with van der Waals surface area (Å²) in [6, 6.07) is 6.05. The Labute approximate surface area is 185 Å². The molecule has 4 aromatic rings. The van der Waals surface area contributed by atoms with Gasteiger partial charge in [0.05, 0.1) is 0 Å². The van der Waals surface area contributed by atoms with Crippen LogP contribution in [0, 0.1) is 0 Å². The number of carboxylic acids is 1. The fourth-order valence-corrected chi connectivity index (χ4v) is 5.97. The Balaban J connectivity index is 2.36. The summed E-state index contributed by atoms with van der Waals surface area (Å²) in [5, 5.41) is 8.02. The predicted octanol–water partition coefficient (Wildman–Crippen LogP) is 1.79. The van der Waals surface area contributed by atoms with Crippen LogP contribution in [0.3, 0.4) is 0 Å². The predicted molar refractivity (Wildman–Crippen MR) is 113 cm³/mol. The first kappa shape index (κ1) is 23.1. The maximum absolute atomic E-state index is 12.0. The first-order chi connectivity index (χ1) is 15.1. The van der Waals surface area contributed by atoms with Crippen LogP contribution in [-0.4, -0.2) is 56.6 Å². The number of hydrogen-bond donors (Lipinski definition) is 4. The number of benzene rings is 4. The van der Waals surface area contributed by atoms with E-state index in [0.717, 1.165) is 18.2 Å². The maximum Gasteiger partial charge on any atom is 0.341 e. The normalized spacial score (nSPS) is 13.2. The summed E-state index contributed by atoms with van der Waals surface area (Å²) in [7, 11) is -15.0. The second-order valence-corrected chi connectivity index (χ2v) is 11.1. The van der Waals surface area contributed by atoms with Crippen LogP contribution in [0.25, 0.3) is 32.3 Å². The van der Waals surface area contributed by atoms with Crippen LogP contribution < -0.4 is 4.74 Å². The zero-order chi connectivity index (χ0) is 24.5. The van der Waals surface area contributed by atoms with Crippen LogP contribution in [0.5, 0.6) is 5.75 Å². The van der Waals surface area contributed by atoms with Crippen molar-refractivity contribution < 1.29 is 53.5 Å². The van der Waals surface area contributed by atoms with Gasteiger partial charge < -0.3 is 9.84 Å². The Hall–Kier alpha value is -3.08. The van der Waals surface area contributed by atoms with Gasteiger partial charge in [-0.15, -0.1) is 0 Å². The van der Waals surface area contributed by atoms with Gasteiger partial charge in [0.25, 0.3) is 30.4 Å². The van der Waals surface area contributed by atoms with Crippen LogP contribution in [0.4, 0.5) is 0 Å². The highest BCUT2D eigenvalue weighted by atomic mass is 32.2. The largest absolute Gasteiger partial charge is 0.481 e. The van der Waals surface area contributed by atoms with Crippen LogP contribution in [0.15, 0.2) is 51.1 Å². The average Bonchev–Trinajstić information content (AvgIpc) is 2.67. The highest BCUT2D eigenvalue weighted by Crippen LogP contribution is 2.45. The second kappa shape index (κ2) is 7.21. The molecule has 0 radical (unpaired) electrons. The zero-order valence-electron chi connectivity index (χ0n) is 16.0. The molecular formula is C18H12O12S3. The highest BCUT2D eigenvalue weighted by molar-refractivity contribution is 7.87. The van der Waals surface area contributed by atoms with Crippen LogP contribution in [-0.2, 0) is 35.1 Å². The van der Waals surface area contributed by atoms with Crippen molar-refractivity contribution in [2.24, 2.45) is 0 Å². The van der Waals surface area contributed by atoms with E-state index in [1.165, 1.54) is 12.1 Å². The van der Waals surface area contributed by atoms with Crippen molar-refractivity contribution in [3.63, 3.8) is 0 Å². The molecular weight excluding hydrogens is 504 g/mol. The summed E-state index contributed by atoms with van der Waals surface area (Å²) < 4.78 is 106. The summed E-state index contributed by atoms with van der Waals surface area (Å²) >= 11 is 0. The molecule has 0 atom stereocenters. The number of ether oxygens (including phenoxy) is 1. The van der Waals surface area contributed by atoms with Crippen molar-refractivity contribution in [1.82, 2.24) is 0 Å². The summed E-state index contributed by atoms with van der Waals surface area (Å²) in [5.41, 5.74) is 0. The lowest BCUT2D eigenvalue weighted by molar-refractivity contribution is -0.139. The number of carboxylic acid groups (broad SMARTS) is 1. The molecule has 0 bridgehead atoms. The van der Waals surface area contributed by atoms with Gasteiger partial charge in [0.1, 0.15) is 20.4 Å². The Morgan fingerprint density at radius 3 is 1.42 bits per heavy atom. The van der Waals surface area contributed by atoms with E-state index in [2.05, 4.69) is 0 Å². The molecule has 33 heavy (non-hydrogen) atoms. The van der Waals surface area contributed by atoms with Crippen molar-refractivity contribution >= 4 is 68.6 Å². The van der Waals surface area contributed by atoms with Gasteiger partial charge in [0, 0.05) is 38.4 Å². The smallest absolute Gasteiger partial charge is 0.341 e. The first-order valence-electron chi connectivity index (χ1n) is 8.66. The summed E-state index contributed by atoms with van der Waals surface area (Å²) in [5.74, 6) is -1.73. The van der Waals surface area contributed by atoms with Crippen molar-refractivity contribution in [2.75, 3.05) is 6.61 Å². The molecule has 0 saturated carbocycles. The third-order valence-corrected chi connectivity index (χ3v) is 7.61. The topological polar surface area (TPSA) is 210 Å². The van der Waals surface area contributed by atoms with Crippen molar-refractivity contribution in [1.29, 1.82) is 0 Å². The Morgan fingerprint density at radius 2 is 1.03 bits per heavy atom. The minimum absolute atomic E-state index is 0.0468. The van der Waals surface area contributed by atoms with Gasteiger partial charge >= 0.3 is 5.97 Å². The van der Waals surface area contributed by atoms with E-state index < -0.39 is 57.6 Å². The van der Waals surface area contributed by atoms with E-state index in [9.17, 15) is 43.7 Å². The average molecular weight is 516 g/mol. The molecule has 0 aliphatic rings. The number of rotatable bonds is 6. The molecule has 4 aromatic carbocycles. The lowest BCUT2D eigenvalue weighted by atomic mass is 9.93. The van der Waals surface area contributed by atoms with E-state index >= 15 is 0 Å². The number of hydrogen-bond acceptors (Lipinski definition) is 8. The zero-order valence-corrected chi connectivity index (χ0v) is 18.4. The quantitative estimate of drug-likeness (QED) is 0.213. The molecule has 12 nitrogen and oxygen atoms in total. The van der Waals surface area contributed by atoms with E-state index in [-0.39, 0.29) is 38.1 Å². The molecule has 0 unspecified atom stereocenters. The Morgan fingerprint density at radius 1 is 0.667 bits per heavy atom. The minimum atomic E-state index is -5.03.